The van der Waals surface area contributed by atoms with Gasteiger partial charge < -0.3 is 14.8 Å². The average Bonchev–Trinajstić information content (AvgIpc) is 2.44. The van der Waals surface area contributed by atoms with E-state index in [4.69, 9.17) is 9.47 Å². The van der Waals surface area contributed by atoms with Gasteiger partial charge in [-0.2, -0.15) is 0 Å². The molecule has 1 rings (SSSR count). The molecule has 1 aromatic carbocycles. The summed E-state index contributed by atoms with van der Waals surface area (Å²) < 4.78 is 11.2. The maximum absolute atomic E-state index is 5.81. The standard InChI is InChI=1S/C17H29NO2/c1-5-10-18-13-15-8-9-16(17(12-15)19-4)20-11-6-7-14(2)3/h8-9,12,14,18H,5-7,10-11,13H2,1-4H3. The third-order valence-electron chi connectivity index (χ3n) is 3.17. The van der Waals surface area contributed by atoms with E-state index in [1.165, 1.54) is 12.0 Å². The van der Waals surface area contributed by atoms with Crippen LogP contribution in [0.4, 0.5) is 0 Å². The Bertz CT molecular complexity index is 377. The predicted molar refractivity (Wildman–Crippen MR) is 84.6 cm³/mol. The van der Waals surface area contributed by atoms with Crippen molar-refractivity contribution in [3.05, 3.63) is 23.8 Å². The Morgan fingerprint density at radius 2 is 2.00 bits per heavy atom. The fraction of sp³-hybridized carbons (Fsp3) is 0.647. The van der Waals surface area contributed by atoms with Crippen LogP contribution in [0.5, 0.6) is 11.5 Å². The lowest BCUT2D eigenvalue weighted by molar-refractivity contribution is 0.279. The molecule has 3 heteroatoms. The molecular weight excluding hydrogens is 250 g/mol. The molecule has 1 aromatic rings. The van der Waals surface area contributed by atoms with E-state index < -0.39 is 0 Å². The van der Waals surface area contributed by atoms with E-state index in [0.717, 1.165) is 50.0 Å². The average molecular weight is 279 g/mol. The van der Waals surface area contributed by atoms with Gasteiger partial charge in [0.1, 0.15) is 0 Å². The first kappa shape index (κ1) is 16.8. The molecule has 0 fully saturated rings. The summed E-state index contributed by atoms with van der Waals surface area (Å²) in [5.74, 6) is 2.40. The zero-order chi connectivity index (χ0) is 14.8. The molecule has 0 spiro atoms. The SMILES string of the molecule is CCCNCc1ccc(OCCCC(C)C)c(OC)c1. The van der Waals surface area contributed by atoms with Gasteiger partial charge in [0.2, 0.25) is 0 Å². The normalized spacial score (nSPS) is 10.8. The minimum absolute atomic E-state index is 0.729. The van der Waals surface area contributed by atoms with E-state index in [1.54, 1.807) is 7.11 Å². The zero-order valence-corrected chi connectivity index (χ0v) is 13.4. The molecule has 0 aliphatic heterocycles. The first-order chi connectivity index (χ1) is 9.67. The van der Waals surface area contributed by atoms with Gasteiger partial charge in [0.15, 0.2) is 11.5 Å². The Morgan fingerprint density at radius 1 is 1.20 bits per heavy atom. The third-order valence-corrected chi connectivity index (χ3v) is 3.17. The van der Waals surface area contributed by atoms with Gasteiger partial charge in [0.05, 0.1) is 13.7 Å². The minimum Gasteiger partial charge on any atom is -0.493 e. The second kappa shape index (κ2) is 9.65. The van der Waals surface area contributed by atoms with Crippen molar-refractivity contribution in [3.63, 3.8) is 0 Å². The number of methoxy groups -OCH3 is 1. The van der Waals surface area contributed by atoms with Gasteiger partial charge in [0.25, 0.3) is 0 Å². The van der Waals surface area contributed by atoms with Crippen LogP contribution in [0, 0.1) is 5.92 Å². The van der Waals surface area contributed by atoms with Crippen LogP contribution in [0.25, 0.3) is 0 Å². The highest BCUT2D eigenvalue weighted by Crippen LogP contribution is 2.28. The molecule has 0 aliphatic rings. The number of ether oxygens (including phenoxy) is 2. The molecule has 0 radical (unpaired) electrons. The summed E-state index contributed by atoms with van der Waals surface area (Å²) in [5, 5.41) is 3.39. The Labute approximate surface area is 123 Å². The summed E-state index contributed by atoms with van der Waals surface area (Å²) in [7, 11) is 1.69. The highest BCUT2D eigenvalue weighted by Gasteiger charge is 2.06. The summed E-state index contributed by atoms with van der Waals surface area (Å²) in [6, 6.07) is 6.17. The van der Waals surface area contributed by atoms with Crippen molar-refractivity contribution in [2.75, 3.05) is 20.3 Å². The molecule has 0 aliphatic carbocycles. The fourth-order valence-electron chi connectivity index (χ4n) is 2.02. The largest absolute Gasteiger partial charge is 0.493 e. The molecule has 0 heterocycles. The first-order valence-electron chi connectivity index (χ1n) is 7.67. The number of nitrogens with one attached hydrogen (secondary N) is 1. The smallest absolute Gasteiger partial charge is 0.161 e. The molecule has 114 valence electrons. The van der Waals surface area contributed by atoms with E-state index in [0.29, 0.717) is 0 Å². The summed E-state index contributed by atoms with van der Waals surface area (Å²) in [5.41, 5.74) is 1.23. The van der Waals surface area contributed by atoms with Gasteiger partial charge in [-0.1, -0.05) is 26.8 Å². The molecule has 0 amide bonds. The van der Waals surface area contributed by atoms with Crippen molar-refractivity contribution in [1.29, 1.82) is 0 Å². The number of hydrogen-bond donors (Lipinski definition) is 1. The lowest BCUT2D eigenvalue weighted by atomic mass is 10.1. The van der Waals surface area contributed by atoms with Crippen LogP contribution in [-0.4, -0.2) is 20.3 Å². The van der Waals surface area contributed by atoms with Gasteiger partial charge >= 0.3 is 0 Å². The van der Waals surface area contributed by atoms with Crippen LogP contribution in [0.2, 0.25) is 0 Å². The number of rotatable bonds is 10. The van der Waals surface area contributed by atoms with E-state index in [9.17, 15) is 0 Å². The second-order valence-electron chi connectivity index (χ2n) is 5.55. The van der Waals surface area contributed by atoms with Crippen LogP contribution in [0.3, 0.4) is 0 Å². The maximum atomic E-state index is 5.81. The van der Waals surface area contributed by atoms with Crippen molar-refractivity contribution in [1.82, 2.24) is 5.32 Å². The van der Waals surface area contributed by atoms with Crippen molar-refractivity contribution >= 4 is 0 Å². The van der Waals surface area contributed by atoms with Crippen LogP contribution in [0.1, 0.15) is 45.6 Å². The van der Waals surface area contributed by atoms with Crippen LogP contribution in [-0.2, 0) is 6.54 Å². The molecule has 20 heavy (non-hydrogen) atoms. The van der Waals surface area contributed by atoms with Crippen molar-refractivity contribution in [2.24, 2.45) is 5.92 Å². The van der Waals surface area contributed by atoms with Crippen molar-refractivity contribution < 1.29 is 9.47 Å². The van der Waals surface area contributed by atoms with Gasteiger partial charge in [-0.15, -0.1) is 0 Å². The van der Waals surface area contributed by atoms with E-state index in [1.807, 2.05) is 6.07 Å². The predicted octanol–water partition coefficient (Wildman–Crippen LogP) is 4.01. The molecule has 0 aromatic heterocycles. The fourth-order valence-corrected chi connectivity index (χ4v) is 2.02. The van der Waals surface area contributed by atoms with Crippen LogP contribution >= 0.6 is 0 Å². The van der Waals surface area contributed by atoms with E-state index >= 15 is 0 Å². The Morgan fingerprint density at radius 3 is 2.65 bits per heavy atom. The number of benzene rings is 1. The molecule has 0 atom stereocenters. The van der Waals surface area contributed by atoms with Crippen LogP contribution in [0.15, 0.2) is 18.2 Å². The molecule has 0 bridgehead atoms. The van der Waals surface area contributed by atoms with Crippen LogP contribution < -0.4 is 14.8 Å². The molecular formula is C17H29NO2. The van der Waals surface area contributed by atoms with Crippen molar-refractivity contribution in [3.8, 4) is 11.5 Å². The molecule has 3 nitrogen and oxygen atoms in total. The molecule has 1 N–H and O–H groups in total. The highest BCUT2D eigenvalue weighted by atomic mass is 16.5. The lowest BCUT2D eigenvalue weighted by Gasteiger charge is -2.13. The van der Waals surface area contributed by atoms with Gasteiger partial charge in [-0.3, -0.25) is 0 Å². The summed E-state index contributed by atoms with van der Waals surface area (Å²) in [4.78, 5) is 0. The quantitative estimate of drug-likeness (QED) is 0.656. The molecule has 0 saturated carbocycles. The maximum Gasteiger partial charge on any atom is 0.161 e. The third kappa shape index (κ3) is 6.29. The molecule has 0 unspecified atom stereocenters. The minimum atomic E-state index is 0.729. The Balaban J connectivity index is 2.50. The second-order valence-corrected chi connectivity index (χ2v) is 5.55. The summed E-state index contributed by atoms with van der Waals surface area (Å²) in [6.45, 7) is 9.30. The Kier molecular flexibility index (Phi) is 8.12. The topological polar surface area (TPSA) is 30.5 Å². The van der Waals surface area contributed by atoms with Gasteiger partial charge in [-0.25, -0.2) is 0 Å². The monoisotopic (exact) mass is 279 g/mol. The summed E-state index contributed by atoms with van der Waals surface area (Å²) >= 11 is 0. The molecule has 0 saturated heterocycles. The first-order valence-corrected chi connectivity index (χ1v) is 7.67. The Hall–Kier alpha value is -1.22. The summed E-state index contributed by atoms with van der Waals surface area (Å²) in [6.07, 6.45) is 3.43. The zero-order valence-electron chi connectivity index (χ0n) is 13.4. The van der Waals surface area contributed by atoms with Gasteiger partial charge in [0, 0.05) is 6.54 Å². The van der Waals surface area contributed by atoms with E-state index in [-0.39, 0.29) is 0 Å². The van der Waals surface area contributed by atoms with Gasteiger partial charge in [-0.05, 0) is 49.4 Å². The van der Waals surface area contributed by atoms with E-state index in [2.05, 4.69) is 38.2 Å². The van der Waals surface area contributed by atoms with Crippen molar-refractivity contribution in [2.45, 2.75) is 46.6 Å². The lowest BCUT2D eigenvalue weighted by Crippen LogP contribution is -2.13. The number of hydrogen-bond acceptors (Lipinski definition) is 3. The highest BCUT2D eigenvalue weighted by molar-refractivity contribution is 5.42.